The van der Waals surface area contributed by atoms with Gasteiger partial charge in [0, 0.05) is 5.69 Å². The standard InChI is InChI=1S/C14H10ClF2NO2/c15-11-5-8(1-4-12(11)16)7-20-14(19)10-3-2-9(18)6-13(10)17/h1-6H,7,18H2. The molecule has 0 spiro atoms. The lowest BCUT2D eigenvalue weighted by Gasteiger charge is -2.07. The first-order chi connectivity index (χ1) is 9.47. The highest BCUT2D eigenvalue weighted by molar-refractivity contribution is 6.30. The minimum absolute atomic E-state index is 0.0720. The summed E-state index contributed by atoms with van der Waals surface area (Å²) in [6, 6.07) is 7.59. The van der Waals surface area contributed by atoms with Crippen LogP contribution in [0.5, 0.6) is 0 Å². The molecule has 0 amide bonds. The second-order valence-electron chi connectivity index (χ2n) is 4.06. The van der Waals surface area contributed by atoms with Crippen LogP contribution < -0.4 is 5.73 Å². The van der Waals surface area contributed by atoms with Crippen molar-refractivity contribution in [2.24, 2.45) is 0 Å². The number of benzene rings is 2. The molecule has 0 aliphatic rings. The minimum Gasteiger partial charge on any atom is -0.457 e. The lowest BCUT2D eigenvalue weighted by molar-refractivity contribution is 0.0467. The van der Waals surface area contributed by atoms with Gasteiger partial charge in [0.15, 0.2) is 0 Å². The van der Waals surface area contributed by atoms with Crippen LogP contribution in [-0.2, 0) is 11.3 Å². The average molecular weight is 298 g/mol. The Morgan fingerprint density at radius 1 is 1.15 bits per heavy atom. The number of esters is 1. The Bertz CT molecular complexity index is 662. The number of hydrogen-bond acceptors (Lipinski definition) is 3. The van der Waals surface area contributed by atoms with Crippen LogP contribution in [0.2, 0.25) is 5.02 Å². The molecule has 0 aliphatic heterocycles. The number of nitrogens with two attached hydrogens (primary N) is 1. The Labute approximate surface area is 118 Å². The Morgan fingerprint density at radius 3 is 2.55 bits per heavy atom. The monoisotopic (exact) mass is 297 g/mol. The van der Waals surface area contributed by atoms with Crippen molar-refractivity contribution in [2.45, 2.75) is 6.61 Å². The fourth-order valence-electron chi connectivity index (χ4n) is 1.55. The number of anilines is 1. The van der Waals surface area contributed by atoms with Crippen molar-refractivity contribution in [3.63, 3.8) is 0 Å². The second-order valence-corrected chi connectivity index (χ2v) is 4.47. The number of rotatable bonds is 3. The van der Waals surface area contributed by atoms with E-state index in [2.05, 4.69) is 0 Å². The Morgan fingerprint density at radius 2 is 1.90 bits per heavy atom. The molecule has 2 aromatic carbocycles. The van der Waals surface area contributed by atoms with Crippen molar-refractivity contribution in [2.75, 3.05) is 5.73 Å². The zero-order valence-electron chi connectivity index (χ0n) is 10.2. The maximum atomic E-state index is 13.5. The lowest BCUT2D eigenvalue weighted by Crippen LogP contribution is -2.08. The maximum absolute atomic E-state index is 13.5. The van der Waals surface area contributed by atoms with Gasteiger partial charge in [-0.05, 0) is 35.9 Å². The molecule has 104 valence electrons. The van der Waals surface area contributed by atoms with E-state index in [1.807, 2.05) is 0 Å². The van der Waals surface area contributed by atoms with E-state index in [0.29, 0.717) is 5.56 Å². The zero-order valence-corrected chi connectivity index (χ0v) is 11.0. The number of halogens is 3. The van der Waals surface area contributed by atoms with Gasteiger partial charge in [-0.25, -0.2) is 13.6 Å². The molecule has 0 radical (unpaired) electrons. The van der Waals surface area contributed by atoms with Gasteiger partial charge < -0.3 is 10.5 Å². The van der Waals surface area contributed by atoms with Gasteiger partial charge >= 0.3 is 5.97 Å². The van der Waals surface area contributed by atoms with Crippen LogP contribution in [-0.4, -0.2) is 5.97 Å². The lowest BCUT2D eigenvalue weighted by atomic mass is 10.2. The molecule has 0 unspecified atom stereocenters. The summed E-state index contributed by atoms with van der Waals surface area (Å²) >= 11 is 5.60. The predicted octanol–water partition coefficient (Wildman–Crippen LogP) is 3.56. The van der Waals surface area contributed by atoms with Gasteiger partial charge in [-0.2, -0.15) is 0 Å². The third kappa shape index (κ3) is 3.24. The maximum Gasteiger partial charge on any atom is 0.341 e. The summed E-state index contributed by atoms with van der Waals surface area (Å²) in [5.41, 5.74) is 5.88. The van der Waals surface area contributed by atoms with Gasteiger partial charge in [-0.3, -0.25) is 0 Å². The predicted molar refractivity (Wildman–Crippen MR) is 71.3 cm³/mol. The number of nitrogen functional groups attached to an aromatic ring is 1. The van der Waals surface area contributed by atoms with E-state index in [1.54, 1.807) is 0 Å². The Balaban J connectivity index is 2.06. The summed E-state index contributed by atoms with van der Waals surface area (Å²) < 4.78 is 31.4. The van der Waals surface area contributed by atoms with Gasteiger partial charge in [0.05, 0.1) is 10.6 Å². The van der Waals surface area contributed by atoms with Crippen LogP contribution in [0, 0.1) is 11.6 Å². The normalized spacial score (nSPS) is 10.3. The van der Waals surface area contributed by atoms with Crippen LogP contribution in [0.15, 0.2) is 36.4 Å². The number of ether oxygens (including phenoxy) is 1. The average Bonchev–Trinajstić information content (AvgIpc) is 2.40. The molecule has 3 nitrogen and oxygen atoms in total. The second kappa shape index (κ2) is 5.88. The topological polar surface area (TPSA) is 52.3 Å². The van der Waals surface area contributed by atoms with E-state index in [4.69, 9.17) is 22.1 Å². The van der Waals surface area contributed by atoms with Gasteiger partial charge in [0.25, 0.3) is 0 Å². The van der Waals surface area contributed by atoms with Crippen molar-refractivity contribution >= 4 is 23.3 Å². The van der Waals surface area contributed by atoms with Gasteiger partial charge in [0.1, 0.15) is 18.2 Å². The van der Waals surface area contributed by atoms with Gasteiger partial charge in [-0.15, -0.1) is 0 Å². The summed E-state index contributed by atoms with van der Waals surface area (Å²) in [7, 11) is 0. The summed E-state index contributed by atoms with van der Waals surface area (Å²) in [6.07, 6.45) is 0. The molecule has 2 N–H and O–H groups in total. The zero-order chi connectivity index (χ0) is 14.7. The van der Waals surface area contributed by atoms with Crippen molar-refractivity contribution in [1.82, 2.24) is 0 Å². The highest BCUT2D eigenvalue weighted by atomic mass is 35.5. The molecule has 2 rings (SSSR count). The summed E-state index contributed by atoms with van der Waals surface area (Å²) in [5, 5.41) is -0.0720. The Kier molecular flexibility index (Phi) is 4.20. The molecule has 0 saturated heterocycles. The van der Waals surface area contributed by atoms with Crippen molar-refractivity contribution in [1.29, 1.82) is 0 Å². The van der Waals surface area contributed by atoms with Crippen molar-refractivity contribution < 1.29 is 18.3 Å². The third-order valence-electron chi connectivity index (χ3n) is 2.57. The van der Waals surface area contributed by atoms with E-state index in [-0.39, 0.29) is 22.9 Å². The third-order valence-corrected chi connectivity index (χ3v) is 2.86. The molecule has 0 bridgehead atoms. The SMILES string of the molecule is Nc1ccc(C(=O)OCc2ccc(F)c(Cl)c2)c(F)c1. The molecular weight excluding hydrogens is 288 g/mol. The molecule has 20 heavy (non-hydrogen) atoms. The molecule has 6 heteroatoms. The first-order valence-electron chi connectivity index (χ1n) is 5.63. The van der Waals surface area contributed by atoms with Crippen molar-refractivity contribution in [3.05, 3.63) is 64.2 Å². The smallest absolute Gasteiger partial charge is 0.341 e. The van der Waals surface area contributed by atoms with E-state index in [0.717, 1.165) is 12.1 Å². The van der Waals surface area contributed by atoms with Crippen molar-refractivity contribution in [3.8, 4) is 0 Å². The van der Waals surface area contributed by atoms with Gasteiger partial charge in [0.2, 0.25) is 0 Å². The van der Waals surface area contributed by atoms with E-state index >= 15 is 0 Å². The van der Waals surface area contributed by atoms with E-state index in [1.165, 1.54) is 24.3 Å². The molecule has 0 saturated carbocycles. The highest BCUT2D eigenvalue weighted by Gasteiger charge is 2.13. The first-order valence-corrected chi connectivity index (χ1v) is 6.01. The number of carbonyl (C=O) groups excluding carboxylic acids is 1. The van der Waals surface area contributed by atoms with Crippen LogP contribution in [0.1, 0.15) is 15.9 Å². The van der Waals surface area contributed by atoms with Crippen LogP contribution in [0.3, 0.4) is 0 Å². The summed E-state index contributed by atoms with van der Waals surface area (Å²) in [6.45, 7) is -0.136. The largest absolute Gasteiger partial charge is 0.457 e. The minimum atomic E-state index is -0.831. The quantitative estimate of drug-likeness (QED) is 0.696. The van der Waals surface area contributed by atoms with Crippen LogP contribution in [0.4, 0.5) is 14.5 Å². The molecule has 0 aromatic heterocycles. The van der Waals surface area contributed by atoms with E-state index in [9.17, 15) is 13.6 Å². The molecule has 0 heterocycles. The molecular formula is C14H10ClF2NO2. The number of hydrogen-bond donors (Lipinski definition) is 1. The molecule has 0 fully saturated rings. The highest BCUT2D eigenvalue weighted by Crippen LogP contribution is 2.18. The molecule has 0 aliphatic carbocycles. The van der Waals surface area contributed by atoms with Gasteiger partial charge in [-0.1, -0.05) is 17.7 Å². The summed E-state index contributed by atoms with van der Waals surface area (Å²) in [4.78, 5) is 11.7. The number of carbonyl (C=O) groups is 1. The van der Waals surface area contributed by atoms with E-state index < -0.39 is 17.6 Å². The van der Waals surface area contributed by atoms with Crippen LogP contribution in [0.25, 0.3) is 0 Å². The summed E-state index contributed by atoms with van der Waals surface area (Å²) in [5.74, 6) is -2.15. The fourth-order valence-corrected chi connectivity index (χ4v) is 1.76. The Hall–Kier alpha value is -2.14. The molecule has 0 atom stereocenters. The first kappa shape index (κ1) is 14.3. The van der Waals surface area contributed by atoms with Crippen LogP contribution >= 0.6 is 11.6 Å². The molecule has 2 aromatic rings. The fraction of sp³-hybridized carbons (Fsp3) is 0.0714.